The van der Waals surface area contributed by atoms with Gasteiger partial charge in [0, 0.05) is 32.1 Å². The Hall–Kier alpha value is -2.67. The average Bonchev–Trinajstić information content (AvgIpc) is 2.96. The van der Waals surface area contributed by atoms with Crippen molar-refractivity contribution in [2.45, 2.75) is 13.0 Å². The van der Waals surface area contributed by atoms with Gasteiger partial charge in [-0.25, -0.2) is 9.78 Å². The van der Waals surface area contributed by atoms with Crippen LogP contribution in [0.1, 0.15) is 12.2 Å². The molecule has 24 heavy (non-hydrogen) atoms. The molecule has 2 heterocycles. The van der Waals surface area contributed by atoms with Crippen LogP contribution in [0.5, 0.6) is 0 Å². The van der Waals surface area contributed by atoms with Gasteiger partial charge >= 0.3 is 5.97 Å². The van der Waals surface area contributed by atoms with E-state index in [9.17, 15) is 9.59 Å². The highest BCUT2D eigenvalue weighted by Crippen LogP contribution is 2.18. The number of benzene rings is 1. The molecule has 1 aromatic heterocycles. The number of hydrogen-bond acceptors (Lipinski definition) is 4. The summed E-state index contributed by atoms with van der Waals surface area (Å²) in [5.41, 5.74) is 1.67. The van der Waals surface area contributed by atoms with Crippen molar-refractivity contribution in [1.82, 2.24) is 14.5 Å². The zero-order valence-electron chi connectivity index (χ0n) is 13.2. The van der Waals surface area contributed by atoms with Gasteiger partial charge in [0.1, 0.15) is 5.82 Å². The molecule has 7 heteroatoms. The Bertz CT molecular complexity index is 775. The molecule has 1 amide bonds. The second kappa shape index (κ2) is 7.27. The van der Waals surface area contributed by atoms with Gasteiger partial charge in [-0.1, -0.05) is 12.1 Å². The summed E-state index contributed by atoms with van der Waals surface area (Å²) in [5, 5.41) is 8.83. The van der Waals surface area contributed by atoms with Crippen molar-refractivity contribution < 1.29 is 19.4 Å². The lowest BCUT2D eigenvalue weighted by Gasteiger charge is -2.27. The van der Waals surface area contributed by atoms with Crippen molar-refractivity contribution in [2.24, 2.45) is 0 Å². The third-order valence-electron chi connectivity index (χ3n) is 3.97. The fourth-order valence-electron chi connectivity index (χ4n) is 2.78. The number of fused-ring (bicyclic) bond motifs is 1. The number of carbonyl (C=O) groups excluding carboxylic acids is 1. The normalized spacial score (nSPS) is 15.2. The number of morpholine rings is 1. The minimum atomic E-state index is -1.03. The van der Waals surface area contributed by atoms with E-state index < -0.39 is 5.97 Å². The van der Waals surface area contributed by atoms with Gasteiger partial charge in [0.2, 0.25) is 5.91 Å². The maximum absolute atomic E-state index is 12.3. The minimum absolute atomic E-state index is 0.0734. The number of carboxylic acids is 1. The Morgan fingerprint density at radius 2 is 2.00 bits per heavy atom. The lowest BCUT2D eigenvalue weighted by molar-refractivity contribution is -0.135. The summed E-state index contributed by atoms with van der Waals surface area (Å²) in [6.07, 6.45) is 2.86. The lowest BCUT2D eigenvalue weighted by atomic mass is 10.3. The topological polar surface area (TPSA) is 84.7 Å². The monoisotopic (exact) mass is 329 g/mol. The van der Waals surface area contributed by atoms with Crippen LogP contribution in [0.2, 0.25) is 0 Å². The summed E-state index contributed by atoms with van der Waals surface area (Å²) >= 11 is 0. The van der Waals surface area contributed by atoms with Crippen molar-refractivity contribution in [1.29, 1.82) is 0 Å². The first-order valence-corrected chi connectivity index (χ1v) is 7.87. The van der Waals surface area contributed by atoms with Crippen LogP contribution in [0.3, 0.4) is 0 Å². The predicted molar refractivity (Wildman–Crippen MR) is 88.4 cm³/mol. The zero-order valence-corrected chi connectivity index (χ0v) is 13.2. The average molecular weight is 329 g/mol. The van der Waals surface area contributed by atoms with Gasteiger partial charge in [0.25, 0.3) is 0 Å². The van der Waals surface area contributed by atoms with Gasteiger partial charge in [-0.05, 0) is 18.2 Å². The van der Waals surface area contributed by atoms with Gasteiger partial charge in [0.05, 0.1) is 24.2 Å². The molecule has 0 radical (unpaired) electrons. The van der Waals surface area contributed by atoms with Gasteiger partial charge in [0.15, 0.2) is 0 Å². The second-order valence-electron chi connectivity index (χ2n) is 5.53. The van der Waals surface area contributed by atoms with Gasteiger partial charge < -0.3 is 19.3 Å². The summed E-state index contributed by atoms with van der Waals surface area (Å²) in [6, 6.07) is 7.56. The fourth-order valence-corrected chi connectivity index (χ4v) is 2.78. The molecule has 7 nitrogen and oxygen atoms in total. The molecular weight excluding hydrogens is 310 g/mol. The first-order valence-electron chi connectivity index (χ1n) is 7.87. The molecule has 1 N–H and O–H groups in total. The van der Waals surface area contributed by atoms with Crippen molar-refractivity contribution in [3.8, 4) is 0 Å². The van der Waals surface area contributed by atoms with E-state index >= 15 is 0 Å². The molecular formula is C17H19N3O4. The maximum Gasteiger partial charge on any atom is 0.328 e. The molecule has 0 unspecified atom stereocenters. The zero-order chi connectivity index (χ0) is 16.9. The summed E-state index contributed by atoms with van der Waals surface area (Å²) in [4.78, 5) is 29.4. The van der Waals surface area contributed by atoms with Crippen LogP contribution in [0.15, 0.2) is 30.3 Å². The Labute approximate surface area is 139 Å². The number of hydrogen-bond donors (Lipinski definition) is 1. The first kappa shape index (κ1) is 16.2. The quantitative estimate of drug-likeness (QED) is 0.838. The number of carbonyl (C=O) groups is 2. The van der Waals surface area contributed by atoms with Crippen LogP contribution in [0, 0.1) is 0 Å². The number of amides is 1. The third kappa shape index (κ3) is 3.62. The Balaban J connectivity index is 1.80. The Kier molecular flexibility index (Phi) is 4.90. The van der Waals surface area contributed by atoms with Gasteiger partial charge in [-0.15, -0.1) is 0 Å². The first-order chi connectivity index (χ1) is 11.6. The van der Waals surface area contributed by atoms with Gasteiger partial charge in [-0.2, -0.15) is 0 Å². The highest BCUT2D eigenvalue weighted by molar-refractivity contribution is 5.86. The van der Waals surface area contributed by atoms with E-state index in [1.807, 2.05) is 28.8 Å². The molecule has 0 aliphatic carbocycles. The highest BCUT2D eigenvalue weighted by atomic mass is 16.5. The molecule has 0 saturated carbocycles. The third-order valence-corrected chi connectivity index (χ3v) is 3.97. The van der Waals surface area contributed by atoms with Crippen LogP contribution >= 0.6 is 0 Å². The van der Waals surface area contributed by atoms with Crippen LogP contribution in [-0.2, 0) is 20.9 Å². The smallest absolute Gasteiger partial charge is 0.328 e. The Morgan fingerprint density at radius 3 is 2.75 bits per heavy atom. The van der Waals surface area contributed by atoms with Crippen LogP contribution in [-0.4, -0.2) is 57.7 Å². The van der Waals surface area contributed by atoms with Crippen LogP contribution in [0.25, 0.3) is 17.1 Å². The number of carboxylic acid groups (broad SMARTS) is 1. The van der Waals surface area contributed by atoms with E-state index in [1.54, 1.807) is 4.90 Å². The number of ether oxygens (including phenoxy) is 1. The van der Waals surface area contributed by atoms with E-state index in [1.165, 1.54) is 6.08 Å². The summed E-state index contributed by atoms with van der Waals surface area (Å²) in [5.74, 6) is -0.421. The molecule has 1 saturated heterocycles. The number of nitrogens with zero attached hydrogens (tertiary/aromatic N) is 3. The number of rotatable bonds is 5. The molecule has 3 rings (SSSR count). The van der Waals surface area contributed by atoms with E-state index in [-0.39, 0.29) is 5.91 Å². The Morgan fingerprint density at radius 1 is 1.25 bits per heavy atom. The minimum Gasteiger partial charge on any atom is -0.478 e. The molecule has 1 aliphatic rings. The van der Waals surface area contributed by atoms with Crippen molar-refractivity contribution in [3.05, 3.63) is 36.2 Å². The SMILES string of the molecule is O=C(O)/C=C/c1nc2ccccc2n1CCC(=O)N1CCOCC1. The lowest BCUT2D eigenvalue weighted by Crippen LogP contribution is -2.41. The molecule has 1 aliphatic heterocycles. The standard InChI is InChI=1S/C17H19N3O4/c21-16(19-9-11-24-12-10-19)7-8-20-14-4-2-1-3-13(14)18-15(20)5-6-17(22)23/h1-6H,7-12H2,(H,22,23)/b6-5+. The number of imidazole rings is 1. The van der Waals surface area contributed by atoms with Gasteiger partial charge in [-0.3, -0.25) is 4.79 Å². The summed E-state index contributed by atoms with van der Waals surface area (Å²) < 4.78 is 7.14. The van der Waals surface area contributed by atoms with Crippen molar-refractivity contribution >= 4 is 29.0 Å². The molecule has 0 bridgehead atoms. The van der Waals surface area contributed by atoms with Crippen molar-refractivity contribution in [2.75, 3.05) is 26.3 Å². The van der Waals surface area contributed by atoms with E-state index in [0.717, 1.165) is 17.1 Å². The number of para-hydroxylation sites is 2. The van der Waals surface area contributed by atoms with Crippen LogP contribution < -0.4 is 0 Å². The number of aliphatic carboxylic acids is 1. The largest absolute Gasteiger partial charge is 0.478 e. The molecule has 126 valence electrons. The molecule has 1 aromatic carbocycles. The molecule has 2 aromatic rings. The molecule has 1 fully saturated rings. The summed E-state index contributed by atoms with van der Waals surface area (Å²) in [6.45, 7) is 2.85. The van der Waals surface area contributed by atoms with Crippen LogP contribution in [0.4, 0.5) is 0 Å². The molecule has 0 atom stereocenters. The summed E-state index contributed by atoms with van der Waals surface area (Å²) in [7, 11) is 0. The van der Waals surface area contributed by atoms with E-state index in [0.29, 0.717) is 45.1 Å². The predicted octanol–water partition coefficient (Wildman–Crippen LogP) is 1.38. The highest BCUT2D eigenvalue weighted by Gasteiger charge is 2.17. The maximum atomic E-state index is 12.3. The fraction of sp³-hybridized carbons (Fsp3) is 0.353. The second-order valence-corrected chi connectivity index (χ2v) is 5.53. The number of aryl methyl sites for hydroxylation is 1. The number of aromatic nitrogens is 2. The van der Waals surface area contributed by atoms with E-state index in [2.05, 4.69) is 4.98 Å². The molecule has 0 spiro atoms. The van der Waals surface area contributed by atoms with Crippen molar-refractivity contribution in [3.63, 3.8) is 0 Å². The van der Waals surface area contributed by atoms with E-state index in [4.69, 9.17) is 9.84 Å².